The highest BCUT2D eigenvalue weighted by molar-refractivity contribution is 14.0. The van der Waals surface area contributed by atoms with Crippen LogP contribution in [0.1, 0.15) is 33.3 Å². The Hall–Kier alpha value is -1.55. The summed E-state index contributed by atoms with van der Waals surface area (Å²) in [6.45, 7) is 11.3. The lowest BCUT2D eigenvalue weighted by molar-refractivity contribution is -0.130. The highest BCUT2D eigenvalue weighted by Gasteiger charge is 2.12. The second-order valence-electron chi connectivity index (χ2n) is 7.50. The van der Waals surface area contributed by atoms with Gasteiger partial charge in [-0.15, -0.1) is 24.0 Å². The van der Waals surface area contributed by atoms with E-state index in [1.807, 2.05) is 24.3 Å². The standard InChI is InChI=1S/C21H37N5O2.HI/c1-16(2)26(17(3)4)12-11-23-21(22-5)24-14-18-9-8-10-19(13-18)28-15-20(27)25(6)7;/h8-10,13,16-17H,11-12,14-15H2,1-7H3,(H2,22,23,24);1H. The van der Waals surface area contributed by atoms with Crippen molar-refractivity contribution in [2.24, 2.45) is 4.99 Å². The second kappa shape index (κ2) is 14.4. The largest absolute Gasteiger partial charge is 0.484 e. The second-order valence-corrected chi connectivity index (χ2v) is 7.50. The average Bonchev–Trinajstić information content (AvgIpc) is 2.65. The van der Waals surface area contributed by atoms with Gasteiger partial charge in [0.25, 0.3) is 5.91 Å². The zero-order valence-electron chi connectivity index (χ0n) is 18.9. The molecule has 8 heteroatoms. The van der Waals surface area contributed by atoms with Crippen molar-refractivity contribution in [3.8, 4) is 5.75 Å². The summed E-state index contributed by atoms with van der Waals surface area (Å²) in [4.78, 5) is 19.9. The first-order valence-electron chi connectivity index (χ1n) is 9.86. The highest BCUT2D eigenvalue weighted by Crippen LogP contribution is 2.13. The van der Waals surface area contributed by atoms with E-state index in [1.54, 1.807) is 21.1 Å². The topological polar surface area (TPSA) is 69.2 Å². The third-order valence-corrected chi connectivity index (χ3v) is 4.43. The Bertz CT molecular complexity index is 627. The van der Waals surface area contributed by atoms with Crippen molar-refractivity contribution < 1.29 is 9.53 Å². The Kier molecular flexibility index (Phi) is 13.7. The average molecular weight is 519 g/mol. The van der Waals surface area contributed by atoms with Gasteiger partial charge in [-0.2, -0.15) is 0 Å². The lowest BCUT2D eigenvalue weighted by atomic mass is 10.2. The van der Waals surface area contributed by atoms with E-state index in [4.69, 9.17) is 4.74 Å². The van der Waals surface area contributed by atoms with Gasteiger partial charge in [0.2, 0.25) is 0 Å². The summed E-state index contributed by atoms with van der Waals surface area (Å²) in [6.07, 6.45) is 0. The fourth-order valence-corrected chi connectivity index (χ4v) is 2.84. The molecule has 0 bridgehead atoms. The van der Waals surface area contributed by atoms with Gasteiger partial charge in [-0.25, -0.2) is 0 Å². The van der Waals surface area contributed by atoms with Crippen LogP contribution in [0.2, 0.25) is 0 Å². The van der Waals surface area contributed by atoms with Gasteiger partial charge in [-0.1, -0.05) is 12.1 Å². The summed E-state index contributed by atoms with van der Waals surface area (Å²) in [5, 5.41) is 6.68. The lowest BCUT2D eigenvalue weighted by Crippen LogP contribution is -2.45. The summed E-state index contributed by atoms with van der Waals surface area (Å²) >= 11 is 0. The Morgan fingerprint density at radius 2 is 1.79 bits per heavy atom. The molecule has 1 aromatic rings. The van der Waals surface area contributed by atoms with Crippen molar-refractivity contribution in [2.75, 3.05) is 40.8 Å². The number of guanidine groups is 1. The van der Waals surface area contributed by atoms with Gasteiger partial charge in [0.15, 0.2) is 12.6 Å². The van der Waals surface area contributed by atoms with E-state index in [1.165, 1.54) is 4.90 Å². The van der Waals surface area contributed by atoms with E-state index in [9.17, 15) is 4.79 Å². The summed E-state index contributed by atoms with van der Waals surface area (Å²) in [6, 6.07) is 8.75. The number of benzene rings is 1. The van der Waals surface area contributed by atoms with Gasteiger partial charge in [-0.05, 0) is 45.4 Å². The normalized spacial score (nSPS) is 11.4. The molecular formula is C21H38IN5O2. The first kappa shape index (κ1) is 27.5. The summed E-state index contributed by atoms with van der Waals surface area (Å²) < 4.78 is 5.57. The zero-order chi connectivity index (χ0) is 21.1. The van der Waals surface area contributed by atoms with Crippen LogP contribution in [0.15, 0.2) is 29.3 Å². The van der Waals surface area contributed by atoms with Crippen molar-refractivity contribution in [1.29, 1.82) is 0 Å². The molecule has 0 saturated carbocycles. The zero-order valence-corrected chi connectivity index (χ0v) is 21.2. The van der Waals surface area contributed by atoms with Crippen LogP contribution >= 0.6 is 24.0 Å². The minimum Gasteiger partial charge on any atom is -0.484 e. The lowest BCUT2D eigenvalue weighted by Gasteiger charge is -2.30. The molecule has 0 atom stereocenters. The number of nitrogens with one attached hydrogen (secondary N) is 2. The van der Waals surface area contributed by atoms with Crippen LogP contribution in [0.25, 0.3) is 0 Å². The van der Waals surface area contributed by atoms with E-state index < -0.39 is 0 Å². The first-order chi connectivity index (χ1) is 13.2. The van der Waals surface area contributed by atoms with Crippen LogP contribution in [0.5, 0.6) is 5.75 Å². The minimum atomic E-state index is -0.0648. The van der Waals surface area contributed by atoms with Crippen molar-refractivity contribution >= 4 is 35.8 Å². The molecule has 0 unspecified atom stereocenters. The Morgan fingerprint density at radius 1 is 1.14 bits per heavy atom. The quantitative estimate of drug-likeness (QED) is 0.283. The fraction of sp³-hybridized carbons (Fsp3) is 0.619. The van der Waals surface area contributed by atoms with E-state index in [0.29, 0.717) is 24.4 Å². The maximum atomic E-state index is 11.6. The van der Waals surface area contributed by atoms with E-state index in [2.05, 4.69) is 48.2 Å². The summed E-state index contributed by atoms with van der Waals surface area (Å²) in [7, 11) is 5.20. The molecule has 2 N–H and O–H groups in total. The number of amides is 1. The maximum Gasteiger partial charge on any atom is 0.259 e. The molecule has 0 radical (unpaired) electrons. The molecular weight excluding hydrogens is 481 g/mol. The van der Waals surface area contributed by atoms with E-state index in [-0.39, 0.29) is 36.5 Å². The molecule has 0 aromatic heterocycles. The number of halogens is 1. The number of rotatable bonds is 10. The number of hydrogen-bond donors (Lipinski definition) is 2. The SMILES string of the molecule is CN=C(NCCN(C(C)C)C(C)C)NCc1cccc(OCC(=O)N(C)C)c1.I. The van der Waals surface area contributed by atoms with Crippen molar-refractivity contribution in [1.82, 2.24) is 20.4 Å². The molecule has 7 nitrogen and oxygen atoms in total. The molecule has 0 aliphatic carbocycles. The van der Waals surface area contributed by atoms with Gasteiger partial charge < -0.3 is 20.3 Å². The van der Waals surface area contributed by atoms with Gasteiger partial charge in [0.1, 0.15) is 5.75 Å². The van der Waals surface area contributed by atoms with Gasteiger partial charge in [0, 0.05) is 52.9 Å². The molecule has 0 aliphatic rings. The van der Waals surface area contributed by atoms with Gasteiger partial charge in [0.05, 0.1) is 0 Å². The van der Waals surface area contributed by atoms with Crippen LogP contribution in [-0.2, 0) is 11.3 Å². The number of ether oxygens (including phenoxy) is 1. The molecule has 1 amide bonds. The number of carbonyl (C=O) groups excluding carboxylic acids is 1. The van der Waals surface area contributed by atoms with Gasteiger partial charge in [-0.3, -0.25) is 14.7 Å². The number of carbonyl (C=O) groups is 1. The van der Waals surface area contributed by atoms with Crippen molar-refractivity contribution in [3.63, 3.8) is 0 Å². The Labute approximate surface area is 193 Å². The summed E-state index contributed by atoms with van der Waals surface area (Å²) in [5.41, 5.74) is 1.06. The molecule has 0 heterocycles. The van der Waals surface area contributed by atoms with Crippen LogP contribution in [0, 0.1) is 0 Å². The van der Waals surface area contributed by atoms with Crippen LogP contribution in [0.3, 0.4) is 0 Å². The molecule has 0 aliphatic heterocycles. The molecule has 1 rings (SSSR count). The van der Waals surface area contributed by atoms with Crippen LogP contribution < -0.4 is 15.4 Å². The predicted molar refractivity (Wildman–Crippen MR) is 131 cm³/mol. The van der Waals surface area contributed by atoms with Crippen molar-refractivity contribution in [2.45, 2.75) is 46.3 Å². The van der Waals surface area contributed by atoms with E-state index in [0.717, 1.165) is 24.6 Å². The molecule has 0 saturated heterocycles. The summed E-state index contributed by atoms with van der Waals surface area (Å²) in [5.74, 6) is 1.38. The smallest absolute Gasteiger partial charge is 0.259 e. The molecule has 1 aromatic carbocycles. The van der Waals surface area contributed by atoms with E-state index >= 15 is 0 Å². The van der Waals surface area contributed by atoms with Gasteiger partial charge >= 0.3 is 0 Å². The van der Waals surface area contributed by atoms with Crippen LogP contribution in [-0.4, -0.2) is 74.6 Å². The third kappa shape index (κ3) is 10.7. The highest BCUT2D eigenvalue weighted by atomic mass is 127. The Morgan fingerprint density at radius 3 is 2.34 bits per heavy atom. The number of nitrogens with zero attached hydrogens (tertiary/aromatic N) is 3. The minimum absolute atomic E-state index is 0. The first-order valence-corrected chi connectivity index (χ1v) is 9.86. The number of hydrogen-bond acceptors (Lipinski definition) is 4. The molecule has 166 valence electrons. The molecule has 29 heavy (non-hydrogen) atoms. The van der Waals surface area contributed by atoms with Crippen LogP contribution in [0.4, 0.5) is 0 Å². The number of likely N-dealkylation sites (N-methyl/N-ethyl adjacent to an activating group) is 1. The fourth-order valence-electron chi connectivity index (χ4n) is 2.84. The predicted octanol–water partition coefficient (Wildman–Crippen LogP) is 2.56. The third-order valence-electron chi connectivity index (χ3n) is 4.43. The maximum absolute atomic E-state index is 11.6. The Balaban J connectivity index is 0.00000784. The number of aliphatic imine (C=N–C) groups is 1. The molecule has 0 fully saturated rings. The molecule has 0 spiro atoms. The monoisotopic (exact) mass is 519 g/mol. The van der Waals surface area contributed by atoms with Crippen molar-refractivity contribution in [3.05, 3.63) is 29.8 Å².